The average Bonchev–Trinajstić information content (AvgIpc) is 2.48. The van der Waals surface area contributed by atoms with Crippen molar-refractivity contribution in [2.75, 3.05) is 23.7 Å². The highest BCUT2D eigenvalue weighted by atomic mass is 16.3. The van der Waals surface area contributed by atoms with Gasteiger partial charge in [0.25, 0.3) is 0 Å². The van der Waals surface area contributed by atoms with E-state index in [1.54, 1.807) is 13.8 Å². The molecule has 0 saturated heterocycles. The van der Waals surface area contributed by atoms with Gasteiger partial charge in [-0.15, -0.1) is 0 Å². The van der Waals surface area contributed by atoms with E-state index < -0.39 is 12.2 Å². The van der Waals surface area contributed by atoms with Crippen LogP contribution in [0.2, 0.25) is 0 Å². The largest absolute Gasteiger partial charge is 0.399 e. The Morgan fingerprint density at radius 2 is 1.38 bits per heavy atom. The molecule has 2 rings (SSSR count). The zero-order valence-corrected chi connectivity index (χ0v) is 15.0. The van der Waals surface area contributed by atoms with Crippen molar-refractivity contribution in [2.45, 2.75) is 39.9 Å². The number of rotatable bonds is 6. The molecule has 4 N–H and O–H groups in total. The fraction of sp³-hybridized carbons (Fsp3) is 0.400. The Labute approximate surface area is 144 Å². The molecule has 24 heavy (non-hydrogen) atoms. The molecule has 2 unspecified atom stereocenters. The molecule has 0 fully saturated rings. The van der Waals surface area contributed by atoms with Gasteiger partial charge in [0.15, 0.2) is 0 Å². The lowest BCUT2D eigenvalue weighted by Gasteiger charge is -2.29. The first kappa shape index (κ1) is 18.3. The quantitative estimate of drug-likeness (QED) is 0.713. The maximum Gasteiger partial charge on any atom is 0.0687 e. The van der Waals surface area contributed by atoms with Gasteiger partial charge in [0, 0.05) is 24.5 Å². The molecule has 0 aliphatic carbocycles. The molecule has 4 heteroatoms. The van der Waals surface area contributed by atoms with Crippen LogP contribution in [0.5, 0.6) is 0 Å². The van der Waals surface area contributed by atoms with Gasteiger partial charge >= 0.3 is 0 Å². The summed E-state index contributed by atoms with van der Waals surface area (Å²) in [6.07, 6.45) is -0.912. The Morgan fingerprint density at radius 3 is 1.83 bits per heavy atom. The number of nitrogens with zero attached hydrogens (tertiary/aromatic N) is 1. The molecule has 0 spiro atoms. The number of nitrogens with two attached hydrogens (primary N) is 1. The van der Waals surface area contributed by atoms with Gasteiger partial charge in [-0.1, -0.05) is 12.1 Å². The van der Waals surface area contributed by atoms with Crippen molar-refractivity contribution in [1.82, 2.24) is 0 Å². The Bertz CT molecular complexity index is 686. The van der Waals surface area contributed by atoms with E-state index in [0.717, 1.165) is 33.6 Å². The second-order valence-electron chi connectivity index (χ2n) is 6.68. The van der Waals surface area contributed by atoms with Gasteiger partial charge in [-0.2, -0.15) is 0 Å². The molecule has 0 heterocycles. The second kappa shape index (κ2) is 7.69. The van der Waals surface area contributed by atoms with E-state index in [2.05, 4.69) is 31.2 Å². The van der Waals surface area contributed by atoms with Gasteiger partial charge in [-0.25, -0.2) is 0 Å². The molecule has 130 valence electrons. The minimum Gasteiger partial charge on any atom is -0.399 e. The van der Waals surface area contributed by atoms with Gasteiger partial charge < -0.3 is 20.8 Å². The van der Waals surface area contributed by atoms with Crippen molar-refractivity contribution in [3.63, 3.8) is 0 Å². The summed E-state index contributed by atoms with van der Waals surface area (Å²) in [7, 11) is 0. The molecule has 0 amide bonds. The standard InChI is InChI=1S/C20H28N2O2/c1-13-9-17(5-7-19(13)21)18-6-8-20(14(2)10-18)22(11-15(3)23)12-16(4)24/h5-10,15-16,23-24H,11-12,21H2,1-4H3. The van der Waals surface area contributed by atoms with Crippen LogP contribution in [0.4, 0.5) is 11.4 Å². The minimum atomic E-state index is -0.456. The highest BCUT2D eigenvalue weighted by Gasteiger charge is 2.14. The summed E-state index contributed by atoms with van der Waals surface area (Å²) in [6.45, 7) is 8.57. The highest BCUT2D eigenvalue weighted by Crippen LogP contribution is 2.29. The third-order valence-electron chi connectivity index (χ3n) is 4.11. The third kappa shape index (κ3) is 4.49. The van der Waals surface area contributed by atoms with Crippen LogP contribution >= 0.6 is 0 Å². The summed E-state index contributed by atoms with van der Waals surface area (Å²) in [4.78, 5) is 2.03. The van der Waals surface area contributed by atoms with Gasteiger partial charge in [-0.05, 0) is 74.2 Å². The summed E-state index contributed by atoms with van der Waals surface area (Å²) in [5, 5.41) is 19.5. The molecule has 0 saturated carbocycles. The van der Waals surface area contributed by atoms with Gasteiger partial charge in [-0.3, -0.25) is 0 Å². The van der Waals surface area contributed by atoms with E-state index in [-0.39, 0.29) is 0 Å². The zero-order chi connectivity index (χ0) is 17.9. The number of hydrogen-bond acceptors (Lipinski definition) is 4. The van der Waals surface area contributed by atoms with Crippen molar-refractivity contribution >= 4 is 11.4 Å². The fourth-order valence-electron chi connectivity index (χ4n) is 2.95. The van der Waals surface area contributed by atoms with Crippen LogP contribution < -0.4 is 10.6 Å². The van der Waals surface area contributed by atoms with Crippen molar-refractivity contribution in [3.8, 4) is 11.1 Å². The van der Waals surface area contributed by atoms with Crippen molar-refractivity contribution in [2.24, 2.45) is 0 Å². The number of benzene rings is 2. The smallest absolute Gasteiger partial charge is 0.0687 e. The van der Waals surface area contributed by atoms with E-state index in [1.807, 2.05) is 24.0 Å². The van der Waals surface area contributed by atoms with Crippen LogP contribution in [0.1, 0.15) is 25.0 Å². The number of hydrogen-bond donors (Lipinski definition) is 3. The average molecular weight is 328 g/mol. The molecule has 0 aromatic heterocycles. The summed E-state index contributed by atoms with van der Waals surface area (Å²) in [5.74, 6) is 0. The molecular formula is C20H28N2O2. The van der Waals surface area contributed by atoms with Crippen LogP contribution in [0.3, 0.4) is 0 Å². The Kier molecular flexibility index (Phi) is 5.86. The minimum absolute atomic E-state index is 0.456. The van der Waals surface area contributed by atoms with Crippen molar-refractivity contribution in [1.29, 1.82) is 0 Å². The van der Waals surface area contributed by atoms with E-state index in [9.17, 15) is 10.2 Å². The second-order valence-corrected chi connectivity index (χ2v) is 6.68. The Morgan fingerprint density at radius 1 is 0.875 bits per heavy atom. The first-order valence-electron chi connectivity index (χ1n) is 8.36. The van der Waals surface area contributed by atoms with Gasteiger partial charge in [0.2, 0.25) is 0 Å². The monoisotopic (exact) mass is 328 g/mol. The number of aryl methyl sites for hydroxylation is 2. The molecule has 2 aromatic carbocycles. The molecule has 4 nitrogen and oxygen atoms in total. The first-order chi connectivity index (χ1) is 11.3. The highest BCUT2D eigenvalue weighted by molar-refractivity contribution is 5.71. The van der Waals surface area contributed by atoms with E-state index in [0.29, 0.717) is 13.1 Å². The lowest BCUT2D eigenvalue weighted by molar-refractivity contribution is 0.178. The molecule has 2 atom stereocenters. The van der Waals surface area contributed by atoms with E-state index in [1.165, 1.54) is 0 Å². The normalized spacial score (nSPS) is 13.6. The maximum absolute atomic E-state index is 9.74. The summed E-state index contributed by atoms with van der Waals surface area (Å²) >= 11 is 0. The number of anilines is 2. The molecule has 0 radical (unpaired) electrons. The van der Waals surface area contributed by atoms with Gasteiger partial charge in [0.05, 0.1) is 12.2 Å². The maximum atomic E-state index is 9.74. The summed E-state index contributed by atoms with van der Waals surface area (Å²) in [6, 6.07) is 12.3. The Hall–Kier alpha value is -2.04. The molecule has 0 aliphatic rings. The number of nitrogen functional groups attached to an aromatic ring is 1. The van der Waals surface area contributed by atoms with Crippen LogP contribution in [0.25, 0.3) is 11.1 Å². The lowest BCUT2D eigenvalue weighted by Crippen LogP contribution is -2.36. The number of aliphatic hydroxyl groups is 2. The predicted molar refractivity (Wildman–Crippen MR) is 101 cm³/mol. The third-order valence-corrected chi connectivity index (χ3v) is 4.11. The van der Waals surface area contributed by atoms with Crippen molar-refractivity contribution < 1.29 is 10.2 Å². The summed E-state index contributed by atoms with van der Waals surface area (Å²) in [5.41, 5.74) is 12.2. The topological polar surface area (TPSA) is 69.7 Å². The summed E-state index contributed by atoms with van der Waals surface area (Å²) < 4.78 is 0. The zero-order valence-electron chi connectivity index (χ0n) is 15.0. The van der Waals surface area contributed by atoms with Crippen molar-refractivity contribution in [3.05, 3.63) is 47.5 Å². The molecular weight excluding hydrogens is 300 g/mol. The van der Waals surface area contributed by atoms with Crippen LogP contribution in [-0.4, -0.2) is 35.5 Å². The van der Waals surface area contributed by atoms with Crippen LogP contribution in [-0.2, 0) is 0 Å². The SMILES string of the molecule is Cc1cc(-c2ccc(N(CC(C)O)CC(C)O)c(C)c2)ccc1N. The lowest BCUT2D eigenvalue weighted by atomic mass is 9.99. The first-order valence-corrected chi connectivity index (χ1v) is 8.36. The fourth-order valence-corrected chi connectivity index (χ4v) is 2.95. The van der Waals surface area contributed by atoms with Crippen LogP contribution in [0.15, 0.2) is 36.4 Å². The molecule has 2 aromatic rings. The predicted octanol–water partition coefficient (Wildman–Crippen LogP) is 3.12. The van der Waals surface area contributed by atoms with Crippen LogP contribution in [0, 0.1) is 13.8 Å². The van der Waals surface area contributed by atoms with E-state index in [4.69, 9.17) is 5.73 Å². The van der Waals surface area contributed by atoms with Gasteiger partial charge in [0.1, 0.15) is 0 Å². The molecule has 0 aliphatic heterocycles. The molecule has 0 bridgehead atoms. The number of aliphatic hydroxyl groups excluding tert-OH is 2. The Balaban J connectivity index is 2.34. The van der Waals surface area contributed by atoms with E-state index >= 15 is 0 Å².